The molecule has 3 nitrogen and oxygen atoms in total. The second kappa shape index (κ2) is 12.3. The van der Waals surface area contributed by atoms with Crippen LogP contribution in [0.1, 0.15) is 103 Å². The van der Waals surface area contributed by atoms with Crippen LogP contribution < -0.4 is 0 Å². The number of rotatable bonds is 0. The zero-order valence-corrected chi connectivity index (χ0v) is 21.8. The molecule has 0 radical (unpaired) electrons. The van der Waals surface area contributed by atoms with E-state index in [4.69, 9.17) is 0 Å². The van der Waals surface area contributed by atoms with Gasteiger partial charge in [0.1, 0.15) is 5.78 Å². The highest BCUT2D eigenvalue weighted by atomic mass is 16.1. The fourth-order valence-corrected chi connectivity index (χ4v) is 8.28. The fraction of sp³-hybridized carbons (Fsp3) is 0.839. The van der Waals surface area contributed by atoms with Crippen LogP contribution in [0.3, 0.4) is 0 Å². The monoisotopic (exact) mass is 466 g/mol. The van der Waals surface area contributed by atoms with Gasteiger partial charge in [-0.05, 0) is 88.6 Å². The number of Topliss-reactive ketones (excluding diaryl/α,β-unsaturated/α-hetero) is 1. The van der Waals surface area contributed by atoms with Gasteiger partial charge in [0, 0.05) is 38.0 Å². The molecule has 1 aliphatic carbocycles. The van der Waals surface area contributed by atoms with Crippen molar-refractivity contribution >= 4 is 5.78 Å². The number of ketones is 1. The van der Waals surface area contributed by atoms with E-state index in [1.54, 1.807) is 5.57 Å². The Bertz CT molecular complexity index is 727. The molecule has 6 bridgehead atoms. The molecule has 5 aliphatic rings. The number of carbonyl (C=O) groups is 1. The topological polar surface area (TPSA) is 23.6 Å². The Morgan fingerprint density at radius 3 is 2.44 bits per heavy atom. The van der Waals surface area contributed by atoms with Crippen LogP contribution in [0, 0.1) is 23.7 Å². The summed E-state index contributed by atoms with van der Waals surface area (Å²) in [7, 11) is 0. The van der Waals surface area contributed by atoms with Crippen LogP contribution in [-0.4, -0.2) is 54.3 Å². The van der Waals surface area contributed by atoms with Crippen LogP contribution in [0.15, 0.2) is 23.8 Å². The van der Waals surface area contributed by atoms with Crippen LogP contribution in [0.4, 0.5) is 0 Å². The third-order valence-electron chi connectivity index (χ3n) is 9.96. The van der Waals surface area contributed by atoms with E-state index >= 15 is 0 Å². The molecular formula is C31H50N2O. The summed E-state index contributed by atoms with van der Waals surface area (Å²) in [5.74, 6) is 3.12. The van der Waals surface area contributed by atoms with Gasteiger partial charge in [-0.3, -0.25) is 14.6 Å². The first kappa shape index (κ1) is 24.8. The maximum Gasteiger partial charge on any atom is 0.138 e. The lowest BCUT2D eigenvalue weighted by Gasteiger charge is -2.53. The molecular weight excluding hydrogens is 416 g/mol. The van der Waals surface area contributed by atoms with E-state index in [-0.39, 0.29) is 0 Å². The Labute approximate surface area is 209 Å². The van der Waals surface area contributed by atoms with Crippen LogP contribution in [-0.2, 0) is 4.79 Å². The largest absolute Gasteiger partial charge is 0.299 e. The lowest BCUT2D eigenvalue weighted by atomic mass is 9.64. The number of allylic oxidation sites excluding steroid dienone is 2. The van der Waals surface area contributed by atoms with Crippen molar-refractivity contribution in [3.63, 3.8) is 0 Å². The van der Waals surface area contributed by atoms with Crippen LogP contribution in [0.2, 0.25) is 0 Å². The van der Waals surface area contributed by atoms with Gasteiger partial charge >= 0.3 is 0 Å². The third kappa shape index (κ3) is 6.06. The summed E-state index contributed by atoms with van der Waals surface area (Å²) in [4.78, 5) is 18.9. The minimum atomic E-state index is 0.317. The van der Waals surface area contributed by atoms with Crippen molar-refractivity contribution in [2.24, 2.45) is 23.7 Å². The molecule has 6 unspecified atom stereocenters. The Kier molecular flexibility index (Phi) is 8.99. The molecule has 3 heteroatoms. The Morgan fingerprint density at radius 1 is 0.706 bits per heavy atom. The normalized spacial score (nSPS) is 39.1. The molecule has 0 amide bonds. The van der Waals surface area contributed by atoms with Gasteiger partial charge in [-0.2, -0.15) is 0 Å². The van der Waals surface area contributed by atoms with Gasteiger partial charge < -0.3 is 0 Å². The Morgan fingerprint density at radius 2 is 1.50 bits per heavy atom. The molecule has 0 aromatic heterocycles. The van der Waals surface area contributed by atoms with Crippen molar-refractivity contribution < 1.29 is 4.79 Å². The highest BCUT2D eigenvalue weighted by Gasteiger charge is 2.48. The summed E-state index contributed by atoms with van der Waals surface area (Å²) >= 11 is 0. The lowest BCUT2D eigenvalue weighted by Crippen LogP contribution is -2.59. The van der Waals surface area contributed by atoms with Gasteiger partial charge in [0.2, 0.25) is 0 Å². The average Bonchev–Trinajstić information content (AvgIpc) is 2.85. The number of hydrogen-bond acceptors (Lipinski definition) is 3. The molecule has 2 saturated heterocycles. The van der Waals surface area contributed by atoms with E-state index in [1.165, 1.54) is 116 Å². The number of hydrogen-bond donors (Lipinski definition) is 0. The van der Waals surface area contributed by atoms with E-state index in [0.717, 1.165) is 25.3 Å². The number of piperidine rings is 2. The predicted molar refractivity (Wildman–Crippen MR) is 142 cm³/mol. The summed E-state index contributed by atoms with van der Waals surface area (Å²) < 4.78 is 0. The van der Waals surface area contributed by atoms with Crippen molar-refractivity contribution in [2.45, 2.75) is 109 Å². The van der Waals surface area contributed by atoms with E-state index in [0.29, 0.717) is 29.6 Å². The molecule has 5 rings (SSSR count). The molecule has 0 N–H and O–H groups in total. The van der Waals surface area contributed by atoms with Gasteiger partial charge in [-0.1, -0.05) is 62.3 Å². The van der Waals surface area contributed by atoms with Crippen molar-refractivity contribution in [3.05, 3.63) is 23.8 Å². The predicted octanol–water partition coefficient (Wildman–Crippen LogP) is 6.79. The summed E-state index contributed by atoms with van der Waals surface area (Å²) in [5, 5.41) is 0. The molecule has 0 aromatic rings. The summed E-state index contributed by atoms with van der Waals surface area (Å²) in [5.41, 5.74) is 1.74. The number of carbonyl (C=O) groups excluding carboxylic acids is 1. The zero-order valence-electron chi connectivity index (χ0n) is 21.8. The first-order chi connectivity index (χ1) is 16.8. The van der Waals surface area contributed by atoms with Gasteiger partial charge in [0.05, 0.1) is 0 Å². The van der Waals surface area contributed by atoms with Gasteiger partial charge in [0.25, 0.3) is 0 Å². The highest BCUT2D eigenvalue weighted by molar-refractivity contribution is 5.82. The molecule has 4 aliphatic heterocycles. The minimum Gasteiger partial charge on any atom is -0.299 e. The fourth-order valence-electron chi connectivity index (χ4n) is 8.28. The van der Waals surface area contributed by atoms with Gasteiger partial charge in [-0.25, -0.2) is 0 Å². The highest BCUT2D eigenvalue weighted by Crippen LogP contribution is 2.45. The maximum atomic E-state index is 13.3. The smallest absolute Gasteiger partial charge is 0.138 e. The molecule has 0 spiro atoms. The second-order valence-corrected chi connectivity index (χ2v) is 12.2. The maximum absolute atomic E-state index is 13.3. The molecule has 34 heavy (non-hydrogen) atoms. The average molecular weight is 467 g/mol. The van der Waals surface area contributed by atoms with Crippen molar-refractivity contribution in [1.82, 2.24) is 9.80 Å². The Balaban J connectivity index is 1.47. The van der Waals surface area contributed by atoms with Crippen molar-refractivity contribution in [1.29, 1.82) is 0 Å². The van der Waals surface area contributed by atoms with Gasteiger partial charge in [-0.15, -0.1) is 0 Å². The molecule has 0 aromatic carbocycles. The first-order valence-corrected chi connectivity index (χ1v) is 15.1. The Hall–Kier alpha value is -0.930. The van der Waals surface area contributed by atoms with Crippen molar-refractivity contribution in [2.75, 3.05) is 32.7 Å². The number of fused-ring (bicyclic) bond motifs is 1. The van der Waals surface area contributed by atoms with Gasteiger partial charge in [0.15, 0.2) is 0 Å². The van der Waals surface area contributed by atoms with E-state index < -0.39 is 0 Å². The molecule has 2 fully saturated rings. The van der Waals surface area contributed by atoms with Crippen LogP contribution in [0.5, 0.6) is 0 Å². The quantitative estimate of drug-likeness (QED) is 0.367. The summed E-state index contributed by atoms with van der Waals surface area (Å²) in [6, 6.07) is 0.533. The summed E-state index contributed by atoms with van der Waals surface area (Å²) in [6.45, 7) is 6.01. The van der Waals surface area contributed by atoms with Crippen LogP contribution in [0.25, 0.3) is 0 Å². The summed E-state index contributed by atoms with van der Waals surface area (Å²) in [6.07, 6.45) is 28.2. The van der Waals surface area contributed by atoms with E-state index in [9.17, 15) is 4.79 Å². The SMILES string of the molecule is O=C1CCN2CCC3C4C=C5CCCCCCCC1C2C3CCCCCC=CCCCN(C5)C4. The third-order valence-corrected chi connectivity index (χ3v) is 9.96. The molecule has 6 atom stereocenters. The number of nitrogens with zero attached hydrogens (tertiary/aromatic N) is 2. The second-order valence-electron chi connectivity index (χ2n) is 12.2. The van der Waals surface area contributed by atoms with Crippen LogP contribution >= 0.6 is 0 Å². The zero-order chi connectivity index (χ0) is 23.2. The molecule has 0 saturated carbocycles. The molecule has 4 heterocycles. The standard InChI is InChI=1S/C31H50N2O/c34-30-18-21-33-20-17-27-26-22-25-14-10-6-5-8-12-16-29(30)31(33)28(27)15-11-7-3-1-2-4-9-13-19-32(23-25)24-26/h2,4,22,26-29,31H,1,3,5-21,23-24H2. The van der Waals surface area contributed by atoms with Crippen molar-refractivity contribution in [3.8, 4) is 0 Å². The lowest BCUT2D eigenvalue weighted by molar-refractivity contribution is -0.135. The molecule has 190 valence electrons. The van der Waals surface area contributed by atoms with E-state index in [2.05, 4.69) is 28.0 Å². The van der Waals surface area contributed by atoms with E-state index in [1.807, 2.05) is 0 Å². The first-order valence-electron chi connectivity index (χ1n) is 15.1. The minimum absolute atomic E-state index is 0.317.